The van der Waals surface area contributed by atoms with Gasteiger partial charge in [-0.15, -0.1) is 0 Å². The first-order valence-corrected chi connectivity index (χ1v) is 25.8. The van der Waals surface area contributed by atoms with E-state index in [2.05, 4.69) is 266 Å². The molecule has 2 heterocycles. The summed E-state index contributed by atoms with van der Waals surface area (Å²) in [6.45, 7) is 4.68. The number of furan rings is 1. The van der Waals surface area contributed by atoms with Crippen molar-refractivity contribution in [3.05, 3.63) is 266 Å². The van der Waals surface area contributed by atoms with Gasteiger partial charge in [-0.1, -0.05) is 178 Å². The van der Waals surface area contributed by atoms with E-state index < -0.39 is 0 Å². The van der Waals surface area contributed by atoms with Gasteiger partial charge in [0.15, 0.2) is 5.58 Å². The van der Waals surface area contributed by atoms with Gasteiger partial charge in [0.2, 0.25) is 0 Å². The molecule has 0 atom stereocenters. The minimum absolute atomic E-state index is 0.120. The molecule has 0 spiro atoms. The van der Waals surface area contributed by atoms with Gasteiger partial charge in [-0.3, -0.25) is 0 Å². The van der Waals surface area contributed by atoms with E-state index in [1.165, 1.54) is 44.0 Å². The molecule has 0 unspecified atom stereocenters. The normalized spacial score (nSPS) is 12.9. The molecule has 0 N–H and O–H groups in total. The summed E-state index contributed by atoms with van der Waals surface area (Å²) in [6.07, 6.45) is 0. The van der Waals surface area contributed by atoms with Crippen LogP contribution >= 0.6 is 0 Å². The van der Waals surface area contributed by atoms with Gasteiger partial charge in [0.05, 0.1) is 11.4 Å². The molecule has 75 heavy (non-hydrogen) atoms. The minimum Gasteiger partial charge on any atom is -0.456 e. The van der Waals surface area contributed by atoms with Crippen molar-refractivity contribution in [2.45, 2.75) is 19.3 Å². The van der Waals surface area contributed by atoms with Gasteiger partial charge in [0.1, 0.15) is 17.1 Å². The summed E-state index contributed by atoms with van der Waals surface area (Å²) in [5.41, 5.74) is 20.1. The highest BCUT2D eigenvalue weighted by Crippen LogP contribution is 2.54. The maximum absolute atomic E-state index is 6.98. The van der Waals surface area contributed by atoms with E-state index >= 15 is 0 Å². The van der Waals surface area contributed by atoms with Crippen LogP contribution in [0.5, 0.6) is 11.5 Å². The van der Waals surface area contributed by atoms with Crippen molar-refractivity contribution in [3.63, 3.8) is 0 Å². The molecule has 12 aromatic carbocycles. The fourth-order valence-corrected chi connectivity index (χ4v) is 12.2. The Balaban J connectivity index is 0.808. The molecule has 1 aliphatic carbocycles. The lowest BCUT2D eigenvalue weighted by Gasteiger charge is -2.29. The van der Waals surface area contributed by atoms with Crippen molar-refractivity contribution < 1.29 is 9.15 Å². The highest BCUT2D eigenvalue weighted by atomic mass is 16.5. The van der Waals surface area contributed by atoms with Crippen LogP contribution in [0.25, 0.3) is 88.0 Å². The molecular formula is C71H48N2O2. The summed E-state index contributed by atoms with van der Waals surface area (Å²) in [6, 6.07) is 91.9. The standard InChI is InChI=1S/C71H48N2O2/c1-71(2)62-26-12-9-22-54(62)55-39-37-51(43-63(55)71)72(49-19-7-4-8-20-49)52-38-40-57-61-42-48-32-31-47(41-60(48)58-24-16-30-67(69(58)61)74-68(57)44-52)45-33-35-50(36-34-45)73(64-27-13-10-21-53(64)46-17-5-3-6-18-46)65-28-15-25-59-56-23-11-14-29-66(56)75-70(59)65/h3-44H,1-2H3. The second kappa shape index (κ2) is 16.7. The molecule has 1 aliphatic heterocycles. The predicted octanol–water partition coefficient (Wildman–Crippen LogP) is 20.2. The van der Waals surface area contributed by atoms with Crippen LogP contribution in [0.1, 0.15) is 25.0 Å². The zero-order chi connectivity index (χ0) is 49.8. The third kappa shape index (κ3) is 6.76. The molecule has 0 bridgehead atoms. The van der Waals surface area contributed by atoms with Crippen molar-refractivity contribution in [1.82, 2.24) is 0 Å². The van der Waals surface area contributed by atoms with E-state index in [4.69, 9.17) is 9.15 Å². The van der Waals surface area contributed by atoms with Crippen LogP contribution in [0.4, 0.5) is 34.1 Å². The van der Waals surface area contributed by atoms with Gasteiger partial charge >= 0.3 is 0 Å². The summed E-state index contributed by atoms with van der Waals surface area (Å²) < 4.78 is 13.7. The van der Waals surface area contributed by atoms with Crippen LogP contribution in [0.2, 0.25) is 0 Å². The topological polar surface area (TPSA) is 28.9 Å². The van der Waals surface area contributed by atoms with Crippen molar-refractivity contribution in [1.29, 1.82) is 0 Å². The molecule has 0 fully saturated rings. The van der Waals surface area contributed by atoms with Crippen molar-refractivity contribution in [3.8, 4) is 56.0 Å². The number of rotatable bonds is 8. The molecular weight excluding hydrogens is 913 g/mol. The van der Waals surface area contributed by atoms with Crippen LogP contribution < -0.4 is 14.5 Å². The van der Waals surface area contributed by atoms with Gasteiger partial charge in [0, 0.05) is 61.5 Å². The van der Waals surface area contributed by atoms with Gasteiger partial charge in [-0.25, -0.2) is 0 Å². The monoisotopic (exact) mass is 960 g/mol. The fourth-order valence-electron chi connectivity index (χ4n) is 12.2. The third-order valence-corrected chi connectivity index (χ3v) is 15.8. The summed E-state index contributed by atoms with van der Waals surface area (Å²) in [4.78, 5) is 4.70. The quantitative estimate of drug-likeness (QED) is 0.142. The smallest absolute Gasteiger partial charge is 0.159 e. The maximum Gasteiger partial charge on any atom is 0.159 e. The number of nitrogens with zero attached hydrogens (tertiary/aromatic N) is 2. The number of hydrogen-bond acceptors (Lipinski definition) is 4. The highest BCUT2D eigenvalue weighted by Gasteiger charge is 2.36. The summed E-state index contributed by atoms with van der Waals surface area (Å²) in [7, 11) is 0. The number of benzene rings is 12. The SMILES string of the molecule is CC1(C)c2ccccc2-c2ccc(N(c3ccccc3)c3ccc4c(c3)Oc3cccc5c3c-4cc3ccc(-c4ccc(N(c6ccccc6-c6ccccc6)c6cccc7c6oc6ccccc67)cc4)cc35)cc21. The first-order chi connectivity index (χ1) is 36.9. The molecule has 4 heteroatoms. The lowest BCUT2D eigenvalue weighted by atomic mass is 9.82. The molecule has 0 amide bonds. The zero-order valence-corrected chi connectivity index (χ0v) is 41.5. The Morgan fingerprint density at radius 3 is 1.81 bits per heavy atom. The van der Waals surface area contributed by atoms with Crippen molar-refractivity contribution in [2.75, 3.05) is 9.80 Å². The van der Waals surface area contributed by atoms with Crippen LogP contribution in [0.15, 0.2) is 259 Å². The molecule has 0 radical (unpaired) electrons. The molecule has 1 aromatic heterocycles. The fraction of sp³-hybridized carbons (Fsp3) is 0.0423. The van der Waals surface area contributed by atoms with E-state index in [9.17, 15) is 0 Å². The first-order valence-electron chi connectivity index (χ1n) is 25.8. The molecule has 0 saturated carbocycles. The third-order valence-electron chi connectivity index (χ3n) is 15.8. The average Bonchev–Trinajstić information content (AvgIpc) is 3.98. The van der Waals surface area contributed by atoms with E-state index in [-0.39, 0.29) is 5.41 Å². The van der Waals surface area contributed by atoms with Crippen LogP contribution in [-0.2, 0) is 5.41 Å². The predicted molar refractivity (Wildman–Crippen MR) is 312 cm³/mol. The van der Waals surface area contributed by atoms with E-state index in [1.807, 2.05) is 12.1 Å². The molecule has 2 aliphatic rings. The van der Waals surface area contributed by atoms with E-state index in [0.717, 1.165) is 101 Å². The van der Waals surface area contributed by atoms with Gasteiger partial charge in [-0.2, -0.15) is 0 Å². The Morgan fingerprint density at radius 1 is 0.333 bits per heavy atom. The Kier molecular flexibility index (Phi) is 9.58. The highest BCUT2D eigenvalue weighted by molar-refractivity contribution is 6.18. The second-order valence-corrected chi connectivity index (χ2v) is 20.4. The van der Waals surface area contributed by atoms with Gasteiger partial charge in [0.25, 0.3) is 0 Å². The molecule has 0 saturated heterocycles. The number of fused-ring (bicyclic) bond motifs is 10. The summed E-state index contributed by atoms with van der Waals surface area (Å²) in [5.74, 6) is 1.71. The number of hydrogen-bond donors (Lipinski definition) is 0. The summed E-state index contributed by atoms with van der Waals surface area (Å²) in [5, 5.41) is 6.86. The lowest BCUT2D eigenvalue weighted by Crippen LogP contribution is -2.16. The molecule has 13 aromatic rings. The van der Waals surface area contributed by atoms with Crippen LogP contribution in [0, 0.1) is 0 Å². The average molecular weight is 961 g/mol. The first kappa shape index (κ1) is 43.0. The second-order valence-electron chi connectivity index (χ2n) is 20.4. The Bertz CT molecular complexity index is 4420. The molecule has 4 nitrogen and oxygen atoms in total. The number of anilines is 6. The minimum atomic E-state index is -0.120. The van der Waals surface area contributed by atoms with Gasteiger partial charge < -0.3 is 19.0 Å². The van der Waals surface area contributed by atoms with Crippen LogP contribution in [0.3, 0.4) is 0 Å². The van der Waals surface area contributed by atoms with Gasteiger partial charge in [-0.05, 0) is 146 Å². The zero-order valence-electron chi connectivity index (χ0n) is 41.5. The Hall–Kier alpha value is -9.64. The van der Waals surface area contributed by atoms with E-state index in [1.54, 1.807) is 0 Å². The maximum atomic E-state index is 6.98. The Labute approximate surface area is 435 Å². The van der Waals surface area contributed by atoms with E-state index in [0.29, 0.717) is 0 Å². The van der Waals surface area contributed by atoms with Crippen LogP contribution in [-0.4, -0.2) is 0 Å². The van der Waals surface area contributed by atoms with Crippen molar-refractivity contribution >= 4 is 77.6 Å². The number of para-hydroxylation sites is 4. The lowest BCUT2D eigenvalue weighted by molar-refractivity contribution is 0.487. The number of ether oxygens (including phenoxy) is 1. The largest absolute Gasteiger partial charge is 0.456 e. The molecule has 15 rings (SSSR count). The van der Waals surface area contributed by atoms with Crippen molar-refractivity contribution in [2.24, 2.45) is 0 Å². The molecule has 354 valence electrons. The summed E-state index contributed by atoms with van der Waals surface area (Å²) >= 11 is 0. The Morgan fingerprint density at radius 2 is 0.960 bits per heavy atom.